The Morgan fingerprint density at radius 1 is 0.259 bits per heavy atom. The maximum Gasteiger partial charge on any atom is -0.0349 e. The lowest BCUT2D eigenvalue weighted by molar-refractivity contribution is 0.177. The lowest BCUT2D eigenvalue weighted by atomic mass is 9.73. The van der Waals surface area contributed by atoms with E-state index in [4.69, 9.17) is 0 Å². The Bertz CT molecular complexity index is 828. The summed E-state index contributed by atoms with van der Waals surface area (Å²) in [6.07, 6.45) is 23.4. The Balaban J connectivity index is 3.58. The summed E-state index contributed by atoms with van der Waals surface area (Å²) in [5, 5.41) is 0. The predicted molar refractivity (Wildman–Crippen MR) is 248 cm³/mol. The first kappa shape index (κ1) is 52.0. The summed E-state index contributed by atoms with van der Waals surface area (Å²) in [5.41, 5.74) is 0. The second-order valence-electron chi connectivity index (χ2n) is 24.3. The van der Waals surface area contributed by atoms with E-state index in [0.717, 1.165) is 112 Å². The van der Waals surface area contributed by atoms with Crippen LogP contribution in [-0.2, 0) is 0 Å². The minimum atomic E-state index is 0.793. The summed E-state index contributed by atoms with van der Waals surface area (Å²) < 4.78 is 0. The standard InChI is InChI=1S/C54H108/c1-36(2)20-22-46(23-21-37(3)4)33-52-53(34-49(28-42(13)14)30-45(19)51(44(17)18)29-43(15)16)54(52)35-50(31-47(24-38(5)6)25-39(7)8)32-48(26-40(9)10)27-41(11)12/h36-54H,20-35H2,1-19H3. The van der Waals surface area contributed by atoms with E-state index in [1.54, 1.807) is 6.42 Å². The summed E-state index contributed by atoms with van der Waals surface area (Å²) in [6.45, 7) is 47.4. The minimum absolute atomic E-state index is 0.793. The Morgan fingerprint density at radius 3 is 0.852 bits per heavy atom. The summed E-state index contributed by atoms with van der Waals surface area (Å²) in [7, 11) is 0. The monoisotopic (exact) mass is 757 g/mol. The molecule has 0 aromatic heterocycles. The molecule has 1 fully saturated rings. The number of hydrogen-bond acceptors (Lipinski definition) is 0. The molecule has 0 heteroatoms. The van der Waals surface area contributed by atoms with Gasteiger partial charge in [-0.25, -0.2) is 0 Å². The fourth-order valence-electron chi connectivity index (χ4n) is 12.1. The summed E-state index contributed by atoms with van der Waals surface area (Å²) in [5.74, 6) is 16.5. The summed E-state index contributed by atoms with van der Waals surface area (Å²) in [4.78, 5) is 0. The molecule has 0 heterocycles. The van der Waals surface area contributed by atoms with Crippen molar-refractivity contribution in [1.82, 2.24) is 0 Å². The Hall–Kier alpha value is 0. The molecule has 54 heavy (non-hydrogen) atoms. The molecule has 0 aromatic carbocycles. The highest BCUT2D eigenvalue weighted by Gasteiger charge is 2.51. The average molecular weight is 757 g/mol. The van der Waals surface area contributed by atoms with Crippen molar-refractivity contribution in [3.8, 4) is 0 Å². The van der Waals surface area contributed by atoms with Gasteiger partial charge in [0.1, 0.15) is 0 Å². The molecule has 1 aliphatic rings. The van der Waals surface area contributed by atoms with Gasteiger partial charge in [-0.15, -0.1) is 0 Å². The molecule has 0 saturated heterocycles. The molecule has 1 rings (SSSR count). The zero-order chi connectivity index (χ0) is 41.3. The first-order valence-electron chi connectivity index (χ1n) is 25.1. The Kier molecular flexibility index (Phi) is 25.9. The van der Waals surface area contributed by atoms with Crippen LogP contribution in [0, 0.1) is 112 Å². The first-order chi connectivity index (χ1) is 25.1. The van der Waals surface area contributed by atoms with E-state index < -0.39 is 0 Å². The molecule has 0 aromatic rings. The van der Waals surface area contributed by atoms with Crippen LogP contribution in [0.1, 0.15) is 234 Å². The predicted octanol–water partition coefficient (Wildman–Crippen LogP) is 18.3. The number of rotatable bonds is 32. The van der Waals surface area contributed by atoms with Crippen molar-refractivity contribution in [3.05, 3.63) is 0 Å². The highest BCUT2D eigenvalue weighted by molar-refractivity contribution is 5.00. The fraction of sp³-hybridized carbons (Fsp3) is 1.00. The van der Waals surface area contributed by atoms with Crippen LogP contribution < -0.4 is 0 Å². The summed E-state index contributed by atoms with van der Waals surface area (Å²) >= 11 is 0. The van der Waals surface area contributed by atoms with Crippen LogP contribution in [0.3, 0.4) is 0 Å². The first-order valence-corrected chi connectivity index (χ1v) is 25.1. The van der Waals surface area contributed by atoms with Crippen LogP contribution >= 0.6 is 0 Å². The highest BCUT2D eigenvalue weighted by Crippen LogP contribution is 2.59. The van der Waals surface area contributed by atoms with E-state index in [0.29, 0.717) is 0 Å². The van der Waals surface area contributed by atoms with Crippen molar-refractivity contribution in [3.63, 3.8) is 0 Å². The van der Waals surface area contributed by atoms with Gasteiger partial charge in [-0.05, 0) is 189 Å². The second kappa shape index (κ2) is 26.9. The third-order valence-corrected chi connectivity index (χ3v) is 14.0. The molecule has 0 spiro atoms. The van der Waals surface area contributed by atoms with Crippen LogP contribution in [0.4, 0.5) is 0 Å². The van der Waals surface area contributed by atoms with Crippen molar-refractivity contribution in [1.29, 1.82) is 0 Å². The Labute approximate surface area is 345 Å². The van der Waals surface area contributed by atoms with Gasteiger partial charge >= 0.3 is 0 Å². The zero-order valence-corrected chi connectivity index (χ0v) is 41.3. The van der Waals surface area contributed by atoms with Crippen molar-refractivity contribution in [2.75, 3.05) is 0 Å². The maximum absolute atomic E-state index is 2.65. The topological polar surface area (TPSA) is 0 Å². The van der Waals surface area contributed by atoms with E-state index >= 15 is 0 Å². The highest BCUT2D eigenvalue weighted by atomic mass is 14.6. The van der Waals surface area contributed by atoms with Gasteiger partial charge in [0.15, 0.2) is 0 Å². The van der Waals surface area contributed by atoms with Crippen molar-refractivity contribution >= 4 is 0 Å². The normalized spacial score (nSPS) is 20.1. The van der Waals surface area contributed by atoms with E-state index in [1.807, 2.05) is 0 Å². The van der Waals surface area contributed by atoms with Gasteiger partial charge in [-0.1, -0.05) is 157 Å². The molecule has 324 valence electrons. The van der Waals surface area contributed by atoms with Gasteiger partial charge in [0, 0.05) is 0 Å². The molecule has 0 radical (unpaired) electrons. The maximum atomic E-state index is 2.65. The second-order valence-corrected chi connectivity index (χ2v) is 24.3. The average Bonchev–Trinajstić information content (AvgIpc) is 3.62. The van der Waals surface area contributed by atoms with E-state index in [1.165, 1.54) is 96.3 Å². The van der Waals surface area contributed by atoms with Gasteiger partial charge in [0.25, 0.3) is 0 Å². The van der Waals surface area contributed by atoms with Crippen molar-refractivity contribution in [2.45, 2.75) is 234 Å². The molecule has 0 aliphatic heterocycles. The molecule has 0 amide bonds. The van der Waals surface area contributed by atoms with Crippen LogP contribution in [0.15, 0.2) is 0 Å². The van der Waals surface area contributed by atoms with Crippen molar-refractivity contribution < 1.29 is 0 Å². The van der Waals surface area contributed by atoms with Crippen LogP contribution in [-0.4, -0.2) is 0 Å². The van der Waals surface area contributed by atoms with Gasteiger partial charge in [0.2, 0.25) is 0 Å². The van der Waals surface area contributed by atoms with E-state index in [-0.39, 0.29) is 0 Å². The van der Waals surface area contributed by atoms with Gasteiger partial charge in [0.05, 0.1) is 0 Å². The molecule has 1 aliphatic carbocycles. The largest absolute Gasteiger partial charge is 0.0628 e. The molecule has 0 N–H and O–H groups in total. The minimum Gasteiger partial charge on any atom is -0.0628 e. The molecule has 6 atom stereocenters. The molecule has 0 nitrogen and oxygen atoms in total. The van der Waals surface area contributed by atoms with Crippen LogP contribution in [0.5, 0.6) is 0 Å². The lowest BCUT2D eigenvalue weighted by Gasteiger charge is -2.33. The molecular weight excluding hydrogens is 649 g/mol. The molecule has 0 bridgehead atoms. The smallest absolute Gasteiger partial charge is 0.0349 e. The molecular formula is C54H108. The third-order valence-electron chi connectivity index (χ3n) is 14.0. The van der Waals surface area contributed by atoms with Crippen molar-refractivity contribution in [2.24, 2.45) is 112 Å². The van der Waals surface area contributed by atoms with E-state index in [2.05, 4.69) is 132 Å². The third kappa shape index (κ3) is 23.4. The summed E-state index contributed by atoms with van der Waals surface area (Å²) in [6, 6.07) is 0. The zero-order valence-electron chi connectivity index (χ0n) is 41.3. The quantitative estimate of drug-likeness (QED) is 0.0641. The Morgan fingerprint density at radius 2 is 0.556 bits per heavy atom. The fourth-order valence-corrected chi connectivity index (χ4v) is 12.1. The molecule has 1 saturated carbocycles. The van der Waals surface area contributed by atoms with Crippen LogP contribution in [0.2, 0.25) is 0 Å². The van der Waals surface area contributed by atoms with Gasteiger partial charge in [-0.2, -0.15) is 0 Å². The number of hydrogen-bond donors (Lipinski definition) is 0. The SMILES string of the molecule is CC(C)CCC(CCC(C)C)CC1C(CC(CC(CC(C)C)CC(C)C)CC(CC(C)C)CC(C)C)C1CC(CC(C)C)CC(C)C(CC(C)C)C(C)C. The van der Waals surface area contributed by atoms with Crippen LogP contribution in [0.25, 0.3) is 0 Å². The lowest BCUT2D eigenvalue weighted by Crippen LogP contribution is -2.23. The van der Waals surface area contributed by atoms with Gasteiger partial charge in [-0.3, -0.25) is 0 Å². The van der Waals surface area contributed by atoms with Gasteiger partial charge < -0.3 is 0 Å². The van der Waals surface area contributed by atoms with E-state index in [9.17, 15) is 0 Å². The molecule has 6 unspecified atom stereocenters.